The third kappa shape index (κ3) is 5.72. The smallest absolute Gasteiger partial charge is 0.304 e. The van der Waals surface area contributed by atoms with Gasteiger partial charge in [0.05, 0.1) is 5.69 Å². The number of carbonyl (C=O) groups excluding carboxylic acids is 1. The van der Waals surface area contributed by atoms with E-state index in [1.165, 1.54) is 14.1 Å². The lowest BCUT2D eigenvalue weighted by atomic mass is 10.1. The summed E-state index contributed by atoms with van der Waals surface area (Å²) >= 11 is 0. The van der Waals surface area contributed by atoms with Crippen molar-refractivity contribution in [1.29, 1.82) is 0 Å². The Kier molecular flexibility index (Phi) is 7.27. The van der Waals surface area contributed by atoms with E-state index in [0.29, 0.717) is 11.4 Å². The van der Waals surface area contributed by atoms with Crippen molar-refractivity contribution in [1.82, 2.24) is 9.29 Å². The van der Waals surface area contributed by atoms with Crippen molar-refractivity contribution < 1.29 is 13.2 Å². The van der Waals surface area contributed by atoms with Gasteiger partial charge < -0.3 is 5.32 Å². The molecule has 3 rings (SSSR count). The maximum atomic E-state index is 13.0. The summed E-state index contributed by atoms with van der Waals surface area (Å²) in [5.74, 6) is -0.418. The summed E-state index contributed by atoms with van der Waals surface area (Å²) in [6.45, 7) is 3.38. The number of nitrogens with one attached hydrogen (secondary N) is 1. The van der Waals surface area contributed by atoms with Crippen molar-refractivity contribution in [2.45, 2.75) is 20.3 Å². The molecule has 1 aromatic heterocycles. The summed E-state index contributed by atoms with van der Waals surface area (Å²) < 4.78 is 28.2. The average Bonchev–Trinajstić information content (AvgIpc) is 2.76. The molecule has 1 N–H and O–H groups in total. The van der Waals surface area contributed by atoms with Crippen LogP contribution in [-0.4, -0.2) is 44.3 Å². The van der Waals surface area contributed by atoms with Crippen LogP contribution in [0.3, 0.4) is 0 Å². The Balaban J connectivity index is 1.76. The Bertz CT molecular complexity index is 1180. The zero-order chi connectivity index (χ0) is 23.3. The number of aromatic nitrogens is 1. The van der Waals surface area contributed by atoms with Crippen molar-refractivity contribution >= 4 is 27.5 Å². The second-order valence-corrected chi connectivity index (χ2v) is 9.93. The first-order valence-electron chi connectivity index (χ1n) is 10.2. The molecular weight excluding hydrogens is 424 g/mol. The highest BCUT2D eigenvalue weighted by Gasteiger charge is 2.28. The lowest BCUT2D eigenvalue weighted by molar-refractivity contribution is -0.114. The zero-order valence-electron chi connectivity index (χ0n) is 18.7. The minimum Gasteiger partial charge on any atom is -0.325 e. The van der Waals surface area contributed by atoms with E-state index in [1.54, 1.807) is 18.5 Å². The van der Waals surface area contributed by atoms with E-state index in [0.717, 1.165) is 37.3 Å². The van der Waals surface area contributed by atoms with Crippen LogP contribution in [0.15, 0.2) is 67.0 Å². The maximum Gasteiger partial charge on any atom is 0.304 e. The van der Waals surface area contributed by atoms with E-state index in [9.17, 15) is 13.2 Å². The van der Waals surface area contributed by atoms with Crippen LogP contribution in [0.5, 0.6) is 0 Å². The van der Waals surface area contributed by atoms with E-state index in [1.807, 2.05) is 62.4 Å². The fourth-order valence-corrected chi connectivity index (χ4v) is 4.37. The van der Waals surface area contributed by atoms with Gasteiger partial charge in [-0.15, -0.1) is 0 Å². The van der Waals surface area contributed by atoms with Gasteiger partial charge in [-0.05, 0) is 72.9 Å². The minimum absolute atomic E-state index is 0.330. The fraction of sp³-hybridized carbons (Fsp3) is 0.250. The van der Waals surface area contributed by atoms with Crippen LogP contribution in [0.1, 0.15) is 22.3 Å². The first-order chi connectivity index (χ1) is 15.2. The first kappa shape index (κ1) is 23.4. The standard InChI is InChI=1S/C24H28N4O3S/c1-18-5-6-19(2)23(15-18)28(32(30,31)27(3)4)17-24(29)26-22-9-7-20(8-10-22)16-21-11-13-25-14-12-21/h5-15H,16-17H2,1-4H3,(H,26,29). The second-order valence-electron chi connectivity index (χ2n) is 7.86. The summed E-state index contributed by atoms with van der Waals surface area (Å²) in [7, 11) is -0.957. The first-order valence-corrected chi connectivity index (χ1v) is 11.6. The molecule has 2 aromatic carbocycles. The third-order valence-electron chi connectivity index (χ3n) is 5.06. The normalized spacial score (nSPS) is 11.4. The van der Waals surface area contributed by atoms with E-state index < -0.39 is 16.1 Å². The third-order valence-corrected chi connectivity index (χ3v) is 6.86. The molecule has 3 aromatic rings. The molecule has 0 fully saturated rings. The van der Waals surface area contributed by atoms with Crippen LogP contribution in [0.25, 0.3) is 0 Å². The summed E-state index contributed by atoms with van der Waals surface area (Å²) in [5, 5.41) is 2.80. The summed E-state index contributed by atoms with van der Waals surface area (Å²) in [6.07, 6.45) is 4.28. The molecule has 0 aliphatic rings. The Labute approximate surface area is 189 Å². The molecule has 0 saturated carbocycles. The number of anilines is 2. The topological polar surface area (TPSA) is 82.6 Å². The summed E-state index contributed by atoms with van der Waals surface area (Å²) in [4.78, 5) is 16.8. The lowest BCUT2D eigenvalue weighted by Crippen LogP contribution is -2.44. The van der Waals surface area contributed by atoms with Crippen molar-refractivity contribution in [2.24, 2.45) is 0 Å². The number of nitrogens with zero attached hydrogens (tertiary/aromatic N) is 3. The average molecular weight is 453 g/mol. The van der Waals surface area contributed by atoms with Crippen molar-refractivity contribution in [3.05, 3.63) is 89.2 Å². The molecule has 7 nitrogen and oxygen atoms in total. The van der Waals surface area contributed by atoms with Gasteiger partial charge in [0.1, 0.15) is 6.54 Å². The van der Waals surface area contributed by atoms with Crippen LogP contribution in [0, 0.1) is 13.8 Å². The van der Waals surface area contributed by atoms with E-state index in [4.69, 9.17) is 0 Å². The lowest BCUT2D eigenvalue weighted by Gasteiger charge is -2.28. The number of pyridine rings is 1. The monoisotopic (exact) mass is 452 g/mol. The summed E-state index contributed by atoms with van der Waals surface area (Å²) in [5.41, 5.74) is 5.03. The molecule has 0 bridgehead atoms. The molecule has 0 spiro atoms. The SMILES string of the molecule is Cc1ccc(C)c(N(CC(=O)Nc2ccc(Cc3ccncc3)cc2)S(=O)(=O)N(C)C)c1. The van der Waals surface area contributed by atoms with Crippen LogP contribution < -0.4 is 9.62 Å². The van der Waals surface area contributed by atoms with Crippen LogP contribution in [0.4, 0.5) is 11.4 Å². The molecule has 0 unspecified atom stereocenters. The Morgan fingerprint density at radius 3 is 2.19 bits per heavy atom. The van der Waals surface area contributed by atoms with Gasteiger partial charge in [-0.2, -0.15) is 12.7 Å². The number of carbonyl (C=O) groups is 1. The Hall–Kier alpha value is -3.23. The molecular formula is C24H28N4O3S. The molecule has 1 amide bonds. The zero-order valence-corrected chi connectivity index (χ0v) is 19.6. The number of hydrogen-bond acceptors (Lipinski definition) is 4. The Morgan fingerprint density at radius 1 is 0.938 bits per heavy atom. The number of hydrogen-bond donors (Lipinski definition) is 1. The maximum absolute atomic E-state index is 13.0. The number of rotatable bonds is 8. The Morgan fingerprint density at radius 2 is 1.56 bits per heavy atom. The van der Waals surface area contributed by atoms with Gasteiger partial charge in [0.25, 0.3) is 0 Å². The highest BCUT2D eigenvalue weighted by molar-refractivity contribution is 7.90. The number of aryl methyl sites for hydroxylation is 2. The fourth-order valence-electron chi connectivity index (χ4n) is 3.25. The van der Waals surface area contributed by atoms with Crippen molar-refractivity contribution in [3.8, 4) is 0 Å². The summed E-state index contributed by atoms with van der Waals surface area (Å²) in [6, 6.07) is 17.0. The molecule has 168 valence electrons. The van der Waals surface area contributed by atoms with Crippen LogP contribution in [-0.2, 0) is 21.4 Å². The van der Waals surface area contributed by atoms with E-state index in [-0.39, 0.29) is 6.54 Å². The van der Waals surface area contributed by atoms with E-state index >= 15 is 0 Å². The minimum atomic E-state index is -3.86. The molecule has 0 atom stereocenters. The number of amides is 1. The van der Waals surface area contributed by atoms with Gasteiger partial charge in [0.2, 0.25) is 5.91 Å². The van der Waals surface area contributed by atoms with Gasteiger partial charge in [-0.25, -0.2) is 4.31 Å². The van der Waals surface area contributed by atoms with Gasteiger partial charge in [0, 0.05) is 32.2 Å². The molecule has 0 aliphatic carbocycles. The molecule has 1 heterocycles. The molecule has 0 saturated heterocycles. The highest BCUT2D eigenvalue weighted by Crippen LogP contribution is 2.25. The second kappa shape index (κ2) is 9.93. The van der Waals surface area contributed by atoms with Crippen LogP contribution in [0.2, 0.25) is 0 Å². The van der Waals surface area contributed by atoms with Crippen molar-refractivity contribution in [2.75, 3.05) is 30.3 Å². The molecule has 0 radical (unpaired) electrons. The largest absolute Gasteiger partial charge is 0.325 e. The van der Waals surface area contributed by atoms with Gasteiger partial charge in [0.15, 0.2) is 0 Å². The predicted octanol–water partition coefficient (Wildman–Crippen LogP) is 3.54. The van der Waals surface area contributed by atoms with Gasteiger partial charge >= 0.3 is 10.2 Å². The molecule has 0 aliphatic heterocycles. The van der Waals surface area contributed by atoms with Gasteiger partial charge in [-0.3, -0.25) is 9.78 Å². The van der Waals surface area contributed by atoms with Crippen molar-refractivity contribution in [3.63, 3.8) is 0 Å². The van der Waals surface area contributed by atoms with Gasteiger partial charge in [-0.1, -0.05) is 24.3 Å². The van der Waals surface area contributed by atoms with Crippen LogP contribution >= 0.6 is 0 Å². The van der Waals surface area contributed by atoms with E-state index in [2.05, 4.69) is 10.3 Å². The molecule has 8 heteroatoms. The predicted molar refractivity (Wildman–Crippen MR) is 128 cm³/mol. The number of benzene rings is 2. The molecule has 32 heavy (non-hydrogen) atoms. The highest BCUT2D eigenvalue weighted by atomic mass is 32.2. The quantitative estimate of drug-likeness (QED) is 0.567.